The number of rotatable bonds is 3. The van der Waals surface area contributed by atoms with Crippen LogP contribution in [-0.4, -0.2) is 19.1 Å². The number of hydrogen-bond acceptors (Lipinski definition) is 2. The molecule has 1 aliphatic heterocycles. The number of β-lactam (4-membered cyclic amide) rings is 1. The highest BCUT2D eigenvalue weighted by Crippen LogP contribution is 2.34. The van der Waals surface area contributed by atoms with Gasteiger partial charge in [0, 0.05) is 5.69 Å². The Morgan fingerprint density at radius 3 is 2.39 bits per heavy atom. The van der Waals surface area contributed by atoms with Gasteiger partial charge in [0.15, 0.2) is 0 Å². The van der Waals surface area contributed by atoms with Crippen LogP contribution in [0, 0.1) is 5.92 Å². The fourth-order valence-corrected chi connectivity index (χ4v) is 2.26. The van der Waals surface area contributed by atoms with Crippen LogP contribution >= 0.6 is 0 Å². The molecular weight excluding hydrogens is 226 g/mol. The summed E-state index contributed by atoms with van der Waals surface area (Å²) in [5.41, 5.74) is 2.17. The second-order valence-electron chi connectivity index (χ2n) is 4.93. The van der Waals surface area contributed by atoms with Crippen molar-refractivity contribution < 1.29 is 9.53 Å². The lowest BCUT2D eigenvalue weighted by molar-refractivity contribution is -0.128. The van der Waals surface area contributed by atoms with Crippen molar-refractivity contribution in [1.82, 2.24) is 0 Å². The predicted octanol–water partition coefficient (Wildman–Crippen LogP) is 3.01. The second kappa shape index (κ2) is 4.84. The molecule has 3 heteroatoms. The van der Waals surface area contributed by atoms with Crippen molar-refractivity contribution in [2.75, 3.05) is 12.0 Å². The number of benzene rings is 1. The maximum absolute atomic E-state index is 12.0. The highest BCUT2D eigenvalue weighted by Gasteiger charge is 2.43. The van der Waals surface area contributed by atoms with E-state index in [1.54, 1.807) is 7.11 Å². The zero-order chi connectivity index (χ0) is 13.3. The SMILES string of the molecule is COc1ccc(N2C(=O)C(C)C2C=C(C)C)cc1. The number of ether oxygens (including phenoxy) is 1. The number of methoxy groups -OCH3 is 1. The molecule has 0 N–H and O–H groups in total. The van der Waals surface area contributed by atoms with Crippen LogP contribution in [0.2, 0.25) is 0 Å². The number of hydrogen-bond donors (Lipinski definition) is 0. The summed E-state index contributed by atoms with van der Waals surface area (Å²) in [5.74, 6) is 1.06. The number of amides is 1. The summed E-state index contributed by atoms with van der Waals surface area (Å²) >= 11 is 0. The number of carbonyl (C=O) groups is 1. The summed E-state index contributed by atoms with van der Waals surface area (Å²) in [5, 5.41) is 0. The fraction of sp³-hybridized carbons (Fsp3) is 0.400. The van der Waals surface area contributed by atoms with Gasteiger partial charge in [-0.15, -0.1) is 0 Å². The van der Waals surface area contributed by atoms with Gasteiger partial charge in [-0.05, 0) is 38.1 Å². The normalized spacial score (nSPS) is 22.4. The first kappa shape index (κ1) is 12.7. The Morgan fingerprint density at radius 1 is 1.28 bits per heavy atom. The van der Waals surface area contributed by atoms with Gasteiger partial charge in [-0.25, -0.2) is 0 Å². The van der Waals surface area contributed by atoms with Crippen LogP contribution in [0.15, 0.2) is 35.9 Å². The lowest BCUT2D eigenvalue weighted by Crippen LogP contribution is -2.59. The average Bonchev–Trinajstić information content (AvgIpc) is 2.38. The summed E-state index contributed by atoms with van der Waals surface area (Å²) in [7, 11) is 1.64. The molecule has 96 valence electrons. The van der Waals surface area contributed by atoms with E-state index in [0.29, 0.717) is 0 Å². The minimum atomic E-state index is 0.0713. The van der Waals surface area contributed by atoms with Crippen LogP contribution in [-0.2, 0) is 4.79 Å². The van der Waals surface area contributed by atoms with Gasteiger partial charge in [0.25, 0.3) is 0 Å². The molecule has 0 spiro atoms. The molecule has 2 rings (SSSR count). The van der Waals surface area contributed by atoms with Gasteiger partial charge in [-0.3, -0.25) is 4.79 Å². The Morgan fingerprint density at radius 2 is 1.89 bits per heavy atom. The first-order valence-corrected chi connectivity index (χ1v) is 6.16. The van der Waals surface area contributed by atoms with Crippen molar-refractivity contribution >= 4 is 11.6 Å². The molecule has 0 bridgehead atoms. The van der Waals surface area contributed by atoms with Crippen LogP contribution in [0.3, 0.4) is 0 Å². The van der Waals surface area contributed by atoms with E-state index in [1.807, 2.05) is 36.1 Å². The Bertz CT molecular complexity index is 472. The summed E-state index contributed by atoms with van der Waals surface area (Å²) in [6, 6.07) is 7.79. The molecule has 2 unspecified atom stereocenters. The summed E-state index contributed by atoms with van der Waals surface area (Å²) in [4.78, 5) is 13.8. The molecule has 1 heterocycles. The van der Waals surface area contributed by atoms with Crippen molar-refractivity contribution in [3.63, 3.8) is 0 Å². The highest BCUT2D eigenvalue weighted by molar-refractivity contribution is 6.03. The van der Waals surface area contributed by atoms with E-state index in [9.17, 15) is 4.79 Å². The molecule has 2 atom stereocenters. The van der Waals surface area contributed by atoms with Gasteiger partial charge in [-0.1, -0.05) is 18.6 Å². The van der Waals surface area contributed by atoms with E-state index < -0.39 is 0 Å². The molecule has 1 fully saturated rings. The Hall–Kier alpha value is -1.77. The quantitative estimate of drug-likeness (QED) is 0.605. The van der Waals surface area contributed by atoms with E-state index in [-0.39, 0.29) is 17.9 Å². The number of nitrogens with zero attached hydrogens (tertiary/aromatic N) is 1. The van der Waals surface area contributed by atoms with Crippen LogP contribution < -0.4 is 9.64 Å². The zero-order valence-electron chi connectivity index (χ0n) is 11.3. The lowest BCUT2D eigenvalue weighted by Gasteiger charge is -2.44. The molecule has 0 radical (unpaired) electrons. The molecule has 0 saturated carbocycles. The van der Waals surface area contributed by atoms with Crippen molar-refractivity contribution in [3.05, 3.63) is 35.9 Å². The van der Waals surface area contributed by atoms with Gasteiger partial charge in [0.2, 0.25) is 5.91 Å². The molecule has 1 saturated heterocycles. The number of allylic oxidation sites excluding steroid dienone is 1. The van der Waals surface area contributed by atoms with Crippen LogP contribution in [0.1, 0.15) is 20.8 Å². The minimum absolute atomic E-state index is 0.0713. The monoisotopic (exact) mass is 245 g/mol. The van der Waals surface area contributed by atoms with Gasteiger partial charge in [-0.2, -0.15) is 0 Å². The van der Waals surface area contributed by atoms with Crippen molar-refractivity contribution in [3.8, 4) is 5.75 Å². The second-order valence-corrected chi connectivity index (χ2v) is 4.93. The van der Waals surface area contributed by atoms with E-state index in [2.05, 4.69) is 19.9 Å². The Balaban J connectivity index is 2.25. The topological polar surface area (TPSA) is 29.5 Å². The Labute approximate surface area is 108 Å². The minimum Gasteiger partial charge on any atom is -0.497 e. The van der Waals surface area contributed by atoms with Gasteiger partial charge in [0.05, 0.1) is 19.1 Å². The lowest BCUT2D eigenvalue weighted by atomic mass is 9.87. The van der Waals surface area contributed by atoms with Gasteiger partial charge in [0.1, 0.15) is 5.75 Å². The van der Waals surface area contributed by atoms with Crippen molar-refractivity contribution in [2.45, 2.75) is 26.8 Å². The third kappa shape index (κ3) is 2.13. The maximum Gasteiger partial charge on any atom is 0.232 e. The van der Waals surface area contributed by atoms with Crippen LogP contribution in [0.4, 0.5) is 5.69 Å². The van der Waals surface area contributed by atoms with E-state index >= 15 is 0 Å². The van der Waals surface area contributed by atoms with E-state index in [0.717, 1.165) is 11.4 Å². The van der Waals surface area contributed by atoms with Crippen LogP contribution in [0.5, 0.6) is 5.75 Å². The smallest absolute Gasteiger partial charge is 0.232 e. The van der Waals surface area contributed by atoms with E-state index in [1.165, 1.54) is 5.57 Å². The summed E-state index contributed by atoms with van der Waals surface area (Å²) < 4.78 is 5.12. The first-order chi connectivity index (χ1) is 8.54. The van der Waals surface area contributed by atoms with Crippen LogP contribution in [0.25, 0.3) is 0 Å². The van der Waals surface area contributed by atoms with Gasteiger partial charge >= 0.3 is 0 Å². The average molecular weight is 245 g/mol. The molecular formula is C15H19NO2. The standard InChI is InChI=1S/C15H19NO2/c1-10(2)9-14-11(3)15(17)16(14)12-5-7-13(18-4)8-6-12/h5-9,11,14H,1-4H3. The molecule has 1 amide bonds. The zero-order valence-corrected chi connectivity index (χ0v) is 11.3. The number of carbonyl (C=O) groups excluding carboxylic acids is 1. The molecule has 1 aromatic rings. The third-order valence-electron chi connectivity index (χ3n) is 3.29. The predicted molar refractivity (Wildman–Crippen MR) is 72.9 cm³/mol. The molecule has 1 aromatic carbocycles. The molecule has 0 aliphatic carbocycles. The Kier molecular flexibility index (Phi) is 3.41. The first-order valence-electron chi connectivity index (χ1n) is 6.16. The molecule has 0 aromatic heterocycles. The van der Waals surface area contributed by atoms with E-state index in [4.69, 9.17) is 4.74 Å². The molecule has 18 heavy (non-hydrogen) atoms. The van der Waals surface area contributed by atoms with Crippen molar-refractivity contribution in [1.29, 1.82) is 0 Å². The largest absolute Gasteiger partial charge is 0.497 e. The van der Waals surface area contributed by atoms with Crippen molar-refractivity contribution in [2.24, 2.45) is 5.92 Å². The third-order valence-corrected chi connectivity index (χ3v) is 3.29. The summed E-state index contributed by atoms with van der Waals surface area (Å²) in [6.07, 6.45) is 2.15. The maximum atomic E-state index is 12.0. The highest BCUT2D eigenvalue weighted by atomic mass is 16.5. The number of anilines is 1. The fourth-order valence-electron chi connectivity index (χ4n) is 2.26. The summed E-state index contributed by atoms with van der Waals surface area (Å²) in [6.45, 7) is 6.09. The molecule has 1 aliphatic rings. The van der Waals surface area contributed by atoms with Gasteiger partial charge < -0.3 is 9.64 Å². The molecule has 3 nitrogen and oxygen atoms in total.